The Labute approximate surface area is 608 Å². The SMILES string of the molecule is CCCCC/C=C\C/C=C\CCCCCCCC(=O)OC[C@H](COP(=O)(O)OC[C@@H](O)COP(=O)(O)OC[C@@H](COC(=O)CCCCCCC/C=C\C=C/CCCCCC)OC(=O)CCCCCCC/C=C\C=C/CCCCCC)OC(=O)CCCCCCC/C=C\CCCCCCCC. The molecule has 17 nitrogen and oxygen atoms in total. The van der Waals surface area contributed by atoms with Crippen LogP contribution in [0, 0.1) is 0 Å². The summed E-state index contributed by atoms with van der Waals surface area (Å²) < 4.78 is 68.6. The van der Waals surface area contributed by atoms with Crippen LogP contribution in [-0.2, 0) is 65.4 Å². The van der Waals surface area contributed by atoms with Crippen molar-refractivity contribution < 1.29 is 80.2 Å². The molecule has 0 aromatic heterocycles. The Balaban J connectivity index is 5.39. The lowest BCUT2D eigenvalue weighted by atomic mass is 10.1. The first-order valence-electron chi connectivity index (χ1n) is 39.9. The Hall–Kier alpha value is -3.76. The van der Waals surface area contributed by atoms with Gasteiger partial charge in [-0.2, -0.15) is 0 Å². The Kier molecular flexibility index (Phi) is 70.8. The van der Waals surface area contributed by atoms with Crippen LogP contribution >= 0.6 is 15.6 Å². The van der Waals surface area contributed by atoms with E-state index in [0.29, 0.717) is 25.7 Å². The summed E-state index contributed by atoms with van der Waals surface area (Å²) in [7, 11) is -9.96. The van der Waals surface area contributed by atoms with Crippen molar-refractivity contribution >= 4 is 39.5 Å². The maximum atomic E-state index is 13.1. The first kappa shape index (κ1) is 96.2. The van der Waals surface area contributed by atoms with Crippen molar-refractivity contribution in [2.45, 2.75) is 367 Å². The van der Waals surface area contributed by atoms with Crippen LogP contribution in [0.1, 0.15) is 349 Å². The molecular formula is C81H144O17P2. The van der Waals surface area contributed by atoms with Gasteiger partial charge in [0.05, 0.1) is 26.4 Å². The number of unbranched alkanes of at least 4 members (excludes halogenated alkanes) is 37. The average Bonchev–Trinajstić information content (AvgIpc) is 1.01. The first-order chi connectivity index (χ1) is 48.7. The largest absolute Gasteiger partial charge is 0.472 e. The molecule has 0 saturated carbocycles. The minimum absolute atomic E-state index is 0.0749. The second kappa shape index (κ2) is 73.5. The van der Waals surface area contributed by atoms with Crippen molar-refractivity contribution in [2.75, 3.05) is 39.6 Å². The number of allylic oxidation sites excluding steroid dienone is 14. The number of hydrogen-bond donors (Lipinski definition) is 3. The summed E-state index contributed by atoms with van der Waals surface area (Å²) in [6, 6.07) is 0. The molecule has 3 N–H and O–H groups in total. The van der Waals surface area contributed by atoms with Crippen LogP contribution in [0.25, 0.3) is 0 Å². The van der Waals surface area contributed by atoms with Crippen molar-refractivity contribution in [3.05, 3.63) is 85.1 Å². The zero-order chi connectivity index (χ0) is 73.2. The smallest absolute Gasteiger partial charge is 0.462 e. The molecule has 0 aliphatic rings. The third-order valence-corrected chi connectivity index (χ3v) is 18.8. The highest BCUT2D eigenvalue weighted by Gasteiger charge is 2.30. The number of phosphoric acid groups is 2. The number of carbonyl (C=O) groups excluding carboxylic acids is 4. The van der Waals surface area contributed by atoms with Gasteiger partial charge in [0.15, 0.2) is 12.2 Å². The Morgan fingerprint density at radius 2 is 0.520 bits per heavy atom. The van der Waals surface area contributed by atoms with E-state index >= 15 is 0 Å². The summed E-state index contributed by atoms with van der Waals surface area (Å²) >= 11 is 0. The minimum Gasteiger partial charge on any atom is -0.462 e. The predicted molar refractivity (Wildman–Crippen MR) is 409 cm³/mol. The molecule has 100 heavy (non-hydrogen) atoms. The average molecular weight is 1450 g/mol. The highest BCUT2D eigenvalue weighted by atomic mass is 31.2. The van der Waals surface area contributed by atoms with Gasteiger partial charge in [-0.15, -0.1) is 0 Å². The second-order valence-electron chi connectivity index (χ2n) is 26.7. The third kappa shape index (κ3) is 72.6. The Bertz CT molecular complexity index is 2230. The Morgan fingerprint density at radius 1 is 0.290 bits per heavy atom. The quantitative estimate of drug-likeness (QED) is 0.0128. The van der Waals surface area contributed by atoms with Crippen LogP contribution in [0.3, 0.4) is 0 Å². The van der Waals surface area contributed by atoms with Gasteiger partial charge in [0, 0.05) is 25.7 Å². The van der Waals surface area contributed by atoms with Crippen LogP contribution < -0.4 is 0 Å². The van der Waals surface area contributed by atoms with Gasteiger partial charge in [-0.3, -0.25) is 37.3 Å². The predicted octanol–water partition coefficient (Wildman–Crippen LogP) is 23.0. The van der Waals surface area contributed by atoms with Crippen LogP contribution in [0.4, 0.5) is 0 Å². The molecule has 0 spiro atoms. The van der Waals surface area contributed by atoms with Crippen molar-refractivity contribution in [1.29, 1.82) is 0 Å². The van der Waals surface area contributed by atoms with E-state index in [1.165, 1.54) is 109 Å². The molecule has 0 aliphatic carbocycles. The van der Waals surface area contributed by atoms with Gasteiger partial charge in [0.25, 0.3) is 0 Å². The van der Waals surface area contributed by atoms with Gasteiger partial charge in [-0.05, 0) is 135 Å². The lowest BCUT2D eigenvalue weighted by Gasteiger charge is -2.21. The van der Waals surface area contributed by atoms with E-state index < -0.39 is 97.5 Å². The van der Waals surface area contributed by atoms with Gasteiger partial charge in [0.1, 0.15) is 19.3 Å². The van der Waals surface area contributed by atoms with E-state index in [9.17, 15) is 43.2 Å². The van der Waals surface area contributed by atoms with Gasteiger partial charge in [-0.1, -0.05) is 273 Å². The zero-order valence-corrected chi connectivity index (χ0v) is 65.2. The fourth-order valence-electron chi connectivity index (χ4n) is 10.7. The molecular weight excluding hydrogens is 1310 g/mol. The minimum atomic E-state index is -4.98. The summed E-state index contributed by atoms with van der Waals surface area (Å²) in [5, 5.41) is 10.6. The van der Waals surface area contributed by atoms with Gasteiger partial charge < -0.3 is 33.8 Å². The summed E-state index contributed by atoms with van der Waals surface area (Å²) in [6.45, 7) is 4.79. The molecule has 19 heteroatoms. The van der Waals surface area contributed by atoms with Crippen LogP contribution in [0.2, 0.25) is 0 Å². The van der Waals surface area contributed by atoms with Gasteiger partial charge in [-0.25, -0.2) is 9.13 Å². The lowest BCUT2D eigenvalue weighted by Crippen LogP contribution is -2.30. The second-order valence-corrected chi connectivity index (χ2v) is 29.6. The zero-order valence-electron chi connectivity index (χ0n) is 63.4. The number of aliphatic hydroxyl groups excluding tert-OH is 1. The first-order valence-corrected chi connectivity index (χ1v) is 42.9. The van der Waals surface area contributed by atoms with E-state index in [1.807, 2.05) is 0 Å². The number of phosphoric ester groups is 2. The standard InChI is InChI=1S/C81H144O17P2/c1-5-9-13-17-21-25-29-33-37-41-45-49-53-57-61-65-78(83)91-71-76(97-80(85)67-63-59-55-51-47-43-39-35-31-27-23-19-15-11-7-3)73-95-99(87,88)93-69-75(82)70-94-100(89,90)96-74-77(98-81(86)68-64-60-56-52-48-44-40-36-32-28-24-20-16-12-8-4)72-92-79(84)66-62-58-54-50-46-42-38-34-30-26-22-18-14-10-6-2/h21,25-26,28,30,32-40,75-77,82H,5-20,22-24,27,29,31,41-74H2,1-4H3,(H,87,88)(H,89,90)/b25-21-,30-26-,32-28-,37-33-,38-34-,39-35-,40-36-/t75-,76-,77-/m1/s1. The van der Waals surface area contributed by atoms with Crippen molar-refractivity contribution in [3.8, 4) is 0 Å². The topological polar surface area (TPSA) is 237 Å². The summed E-state index contributed by atoms with van der Waals surface area (Å²) in [5.41, 5.74) is 0. The third-order valence-electron chi connectivity index (χ3n) is 16.9. The number of hydrogen-bond acceptors (Lipinski definition) is 15. The maximum absolute atomic E-state index is 13.1. The molecule has 5 atom stereocenters. The van der Waals surface area contributed by atoms with Crippen molar-refractivity contribution in [1.82, 2.24) is 0 Å². The van der Waals surface area contributed by atoms with E-state index in [1.54, 1.807) is 0 Å². The molecule has 580 valence electrons. The highest BCUT2D eigenvalue weighted by molar-refractivity contribution is 7.47. The molecule has 0 aromatic rings. The highest BCUT2D eigenvalue weighted by Crippen LogP contribution is 2.45. The molecule has 0 aliphatic heterocycles. The number of aliphatic hydroxyl groups is 1. The van der Waals surface area contributed by atoms with E-state index in [0.717, 1.165) is 161 Å². The lowest BCUT2D eigenvalue weighted by molar-refractivity contribution is -0.161. The van der Waals surface area contributed by atoms with E-state index in [-0.39, 0.29) is 25.7 Å². The maximum Gasteiger partial charge on any atom is 0.472 e. The number of ether oxygens (including phenoxy) is 4. The van der Waals surface area contributed by atoms with Gasteiger partial charge >= 0.3 is 39.5 Å². The molecule has 0 rings (SSSR count). The number of esters is 4. The number of rotatable bonds is 75. The van der Waals surface area contributed by atoms with Crippen molar-refractivity contribution in [3.63, 3.8) is 0 Å². The summed E-state index contributed by atoms with van der Waals surface area (Å²) in [4.78, 5) is 73.0. The molecule has 0 bridgehead atoms. The molecule has 0 fully saturated rings. The normalized spacial score (nSPS) is 14.3. The fourth-order valence-corrected chi connectivity index (χ4v) is 12.3. The van der Waals surface area contributed by atoms with Gasteiger partial charge in [0.2, 0.25) is 0 Å². The molecule has 2 unspecified atom stereocenters. The molecule has 0 amide bonds. The van der Waals surface area contributed by atoms with Crippen molar-refractivity contribution in [2.24, 2.45) is 0 Å². The molecule has 0 saturated heterocycles. The summed E-state index contributed by atoms with van der Waals surface area (Å²) in [5.74, 6) is -2.21. The molecule has 0 heterocycles. The van der Waals surface area contributed by atoms with Crippen LogP contribution in [-0.4, -0.2) is 96.7 Å². The van der Waals surface area contributed by atoms with Crippen LogP contribution in [0.5, 0.6) is 0 Å². The van der Waals surface area contributed by atoms with E-state index in [4.69, 9.17) is 37.0 Å². The Morgan fingerprint density at radius 3 is 0.840 bits per heavy atom. The van der Waals surface area contributed by atoms with Crippen LogP contribution in [0.15, 0.2) is 85.1 Å². The number of carbonyl (C=O) groups is 4. The van der Waals surface area contributed by atoms with E-state index in [2.05, 4.69) is 113 Å². The monoisotopic (exact) mass is 1450 g/mol. The molecule has 0 radical (unpaired) electrons. The fraction of sp³-hybridized carbons (Fsp3) is 0.778. The molecule has 0 aromatic carbocycles. The summed E-state index contributed by atoms with van der Waals surface area (Å²) in [6.07, 6.45) is 75.5.